The maximum Gasteiger partial charge on any atom is 0.177 e. The number of fused-ring (bicyclic) bond motifs is 1. The topological polar surface area (TPSA) is 45.1 Å². The fraction of sp³-hybridized carbons (Fsp3) is 1.00. The van der Waals surface area contributed by atoms with Crippen molar-refractivity contribution in [2.75, 3.05) is 12.3 Å². The second-order valence-corrected chi connectivity index (χ2v) is 4.47. The lowest BCUT2D eigenvalue weighted by molar-refractivity contribution is -0.191. The largest absolute Gasteiger partial charge is 0.267 e. The summed E-state index contributed by atoms with van der Waals surface area (Å²) in [5, 5.41) is 6.25. The Morgan fingerprint density at radius 2 is 2.42 bits per heavy atom. The molecule has 2 fully saturated rings. The molecule has 0 aromatic carbocycles. The van der Waals surface area contributed by atoms with E-state index in [1.807, 2.05) is 18.9 Å². The summed E-state index contributed by atoms with van der Waals surface area (Å²) in [6, 6.07) is 0. The first-order chi connectivity index (χ1) is 5.65. The third-order valence-electron chi connectivity index (χ3n) is 2.01. The fourth-order valence-electron chi connectivity index (χ4n) is 1.46. The molecule has 0 radical (unpaired) electrons. The molecular weight excluding hydrogens is 178 g/mol. The Morgan fingerprint density at radius 3 is 3.08 bits per heavy atom. The number of hydrogen-bond acceptors (Lipinski definition) is 5. The molecule has 0 spiro atoms. The molecule has 0 aromatic heterocycles. The first kappa shape index (κ1) is 8.28. The molecule has 2 aliphatic rings. The highest BCUT2D eigenvalue weighted by Crippen LogP contribution is 2.40. The van der Waals surface area contributed by atoms with Gasteiger partial charge in [0.05, 0.1) is 5.29 Å². The van der Waals surface area contributed by atoms with Crippen molar-refractivity contribution in [3.8, 4) is 0 Å². The van der Waals surface area contributed by atoms with Crippen molar-refractivity contribution in [3.63, 3.8) is 0 Å². The Morgan fingerprint density at radius 1 is 1.67 bits per heavy atom. The molecule has 2 heterocycles. The third kappa shape index (κ3) is 1.02. The van der Waals surface area contributed by atoms with Crippen LogP contribution in [0, 0.1) is 4.91 Å². The minimum absolute atomic E-state index is 0.0162. The van der Waals surface area contributed by atoms with Crippen molar-refractivity contribution < 1.29 is 4.84 Å². The van der Waals surface area contributed by atoms with Crippen molar-refractivity contribution in [2.45, 2.75) is 25.1 Å². The summed E-state index contributed by atoms with van der Waals surface area (Å²) in [7, 11) is 0. The van der Waals surface area contributed by atoms with Gasteiger partial charge in [-0.2, -0.15) is 10.1 Å². The van der Waals surface area contributed by atoms with Gasteiger partial charge in [-0.15, -0.1) is 16.7 Å². The number of thioether (sulfide) groups is 1. The van der Waals surface area contributed by atoms with E-state index in [0.717, 1.165) is 12.3 Å². The summed E-state index contributed by atoms with van der Waals surface area (Å²) < 4.78 is 0. The van der Waals surface area contributed by atoms with Crippen molar-refractivity contribution in [2.24, 2.45) is 5.29 Å². The maximum absolute atomic E-state index is 10.5. The molecular formula is C6H11N3O2S. The Balaban J connectivity index is 2.21. The van der Waals surface area contributed by atoms with Gasteiger partial charge in [0.15, 0.2) is 11.2 Å². The minimum Gasteiger partial charge on any atom is -0.267 e. The van der Waals surface area contributed by atoms with Crippen molar-refractivity contribution in [1.29, 1.82) is 0 Å². The molecule has 0 aliphatic carbocycles. The Labute approximate surface area is 74.9 Å². The number of hydrogen-bond donors (Lipinski definition) is 0. The van der Waals surface area contributed by atoms with Crippen LogP contribution in [0.4, 0.5) is 0 Å². The average molecular weight is 189 g/mol. The van der Waals surface area contributed by atoms with E-state index in [2.05, 4.69) is 5.29 Å². The standard InChI is InChI=1S/C6H11N3O2S/c1-6(2)9(7-10)5-8(11-6)3-4-12-5/h5H,3-4H2,1-2H3. The molecule has 0 amide bonds. The highest BCUT2D eigenvalue weighted by Gasteiger charge is 2.49. The summed E-state index contributed by atoms with van der Waals surface area (Å²) in [5.74, 6) is 0.993. The van der Waals surface area contributed by atoms with Gasteiger partial charge in [-0.25, -0.2) is 0 Å². The molecule has 12 heavy (non-hydrogen) atoms. The van der Waals surface area contributed by atoms with E-state index in [0.29, 0.717) is 0 Å². The zero-order valence-electron chi connectivity index (χ0n) is 7.06. The van der Waals surface area contributed by atoms with E-state index in [9.17, 15) is 4.91 Å². The van der Waals surface area contributed by atoms with Gasteiger partial charge in [-0.05, 0) is 13.8 Å². The SMILES string of the molecule is CC1(C)ON2CCSC2N1N=O. The normalized spacial score (nSPS) is 33.8. The van der Waals surface area contributed by atoms with Gasteiger partial charge in [0, 0.05) is 12.3 Å². The van der Waals surface area contributed by atoms with Gasteiger partial charge in [0.1, 0.15) is 0 Å². The van der Waals surface area contributed by atoms with Gasteiger partial charge < -0.3 is 0 Å². The first-order valence-corrected chi connectivity index (χ1v) is 4.90. The monoisotopic (exact) mass is 189 g/mol. The van der Waals surface area contributed by atoms with E-state index in [-0.39, 0.29) is 5.50 Å². The summed E-state index contributed by atoms with van der Waals surface area (Å²) in [6.45, 7) is 4.55. The van der Waals surface area contributed by atoms with Crippen LogP contribution >= 0.6 is 11.8 Å². The molecule has 1 atom stereocenters. The average Bonchev–Trinajstić information content (AvgIpc) is 2.43. The predicted octanol–water partition coefficient (Wildman–Crippen LogP) is 0.983. The zero-order valence-corrected chi connectivity index (χ0v) is 7.87. The molecule has 0 N–H and O–H groups in total. The summed E-state index contributed by atoms with van der Waals surface area (Å²) in [4.78, 5) is 16.0. The molecule has 2 rings (SSSR count). The predicted molar refractivity (Wildman–Crippen MR) is 45.8 cm³/mol. The molecule has 68 valence electrons. The van der Waals surface area contributed by atoms with Crippen LogP contribution in [0.15, 0.2) is 5.29 Å². The van der Waals surface area contributed by atoms with Gasteiger partial charge in [0.25, 0.3) is 0 Å². The number of hydroxylamine groups is 2. The van der Waals surface area contributed by atoms with Crippen LogP contribution in [0.3, 0.4) is 0 Å². The summed E-state index contributed by atoms with van der Waals surface area (Å²) >= 11 is 1.68. The zero-order chi connectivity index (χ0) is 8.77. The van der Waals surface area contributed by atoms with E-state index >= 15 is 0 Å². The molecule has 2 aliphatic heterocycles. The molecule has 5 nitrogen and oxygen atoms in total. The van der Waals surface area contributed by atoms with Crippen LogP contribution in [-0.4, -0.2) is 33.6 Å². The van der Waals surface area contributed by atoms with E-state index in [1.54, 1.807) is 11.8 Å². The molecule has 2 saturated heterocycles. The van der Waals surface area contributed by atoms with Gasteiger partial charge in [0.2, 0.25) is 0 Å². The third-order valence-corrected chi connectivity index (χ3v) is 3.17. The molecule has 6 heteroatoms. The highest BCUT2D eigenvalue weighted by atomic mass is 32.2. The van der Waals surface area contributed by atoms with E-state index in [1.165, 1.54) is 5.01 Å². The van der Waals surface area contributed by atoms with Crippen LogP contribution in [0.1, 0.15) is 13.8 Å². The van der Waals surface area contributed by atoms with Crippen molar-refractivity contribution in [3.05, 3.63) is 4.91 Å². The van der Waals surface area contributed by atoms with Crippen LogP contribution in [0.2, 0.25) is 0 Å². The number of nitroso groups, excluding NO2 is 1. The van der Waals surface area contributed by atoms with Crippen LogP contribution in [-0.2, 0) is 4.84 Å². The van der Waals surface area contributed by atoms with Crippen molar-refractivity contribution in [1.82, 2.24) is 10.1 Å². The Hall–Kier alpha value is -0.330. The minimum atomic E-state index is -0.583. The van der Waals surface area contributed by atoms with Crippen LogP contribution in [0.25, 0.3) is 0 Å². The Kier molecular flexibility index (Phi) is 1.78. The second-order valence-electron chi connectivity index (χ2n) is 3.30. The second kappa shape index (κ2) is 2.58. The van der Waals surface area contributed by atoms with Gasteiger partial charge >= 0.3 is 0 Å². The fourth-order valence-corrected chi connectivity index (χ4v) is 2.70. The van der Waals surface area contributed by atoms with Crippen LogP contribution < -0.4 is 0 Å². The van der Waals surface area contributed by atoms with Gasteiger partial charge in [-0.3, -0.25) is 4.84 Å². The lowest BCUT2D eigenvalue weighted by Crippen LogP contribution is -2.38. The Bertz CT molecular complexity index is 211. The molecule has 0 aromatic rings. The highest BCUT2D eigenvalue weighted by molar-refractivity contribution is 8.00. The number of nitrogens with zero attached hydrogens (tertiary/aromatic N) is 3. The quantitative estimate of drug-likeness (QED) is 0.575. The van der Waals surface area contributed by atoms with E-state index in [4.69, 9.17) is 4.84 Å². The number of rotatable bonds is 1. The van der Waals surface area contributed by atoms with Crippen molar-refractivity contribution >= 4 is 11.8 Å². The first-order valence-electron chi connectivity index (χ1n) is 3.85. The molecule has 0 bridgehead atoms. The van der Waals surface area contributed by atoms with Gasteiger partial charge in [-0.1, -0.05) is 0 Å². The lowest BCUT2D eigenvalue weighted by Gasteiger charge is -2.24. The molecule has 0 saturated carbocycles. The molecule has 1 unspecified atom stereocenters. The maximum atomic E-state index is 10.5. The summed E-state index contributed by atoms with van der Waals surface area (Å²) in [6.07, 6.45) is 0. The summed E-state index contributed by atoms with van der Waals surface area (Å²) in [5.41, 5.74) is -0.600. The lowest BCUT2D eigenvalue weighted by atomic mass is 10.3. The smallest absolute Gasteiger partial charge is 0.177 e. The van der Waals surface area contributed by atoms with Crippen LogP contribution in [0.5, 0.6) is 0 Å². The van der Waals surface area contributed by atoms with E-state index < -0.39 is 5.72 Å².